The number of carbonyl (C=O) groups excluding carboxylic acids is 1. The molecule has 0 aliphatic rings. The van der Waals surface area contributed by atoms with Crippen LogP contribution in [0.2, 0.25) is 0 Å². The topological polar surface area (TPSA) is 76.1 Å². The minimum Gasteiger partial charge on any atom is -0.496 e. The summed E-state index contributed by atoms with van der Waals surface area (Å²) in [6, 6.07) is 16.6. The normalized spacial score (nSPS) is 10.3. The summed E-state index contributed by atoms with van der Waals surface area (Å²) in [4.78, 5) is 12.4. The van der Waals surface area contributed by atoms with Crippen LogP contribution in [-0.4, -0.2) is 23.2 Å². The molecule has 0 saturated heterocycles. The summed E-state index contributed by atoms with van der Waals surface area (Å²) in [5, 5.41) is 14.2. The van der Waals surface area contributed by atoms with Crippen LogP contribution in [0.25, 0.3) is 0 Å². The van der Waals surface area contributed by atoms with Crippen LogP contribution in [-0.2, 0) is 0 Å². The maximum absolute atomic E-state index is 12.4. The predicted molar refractivity (Wildman–Crippen MR) is 102 cm³/mol. The van der Waals surface area contributed by atoms with Gasteiger partial charge >= 0.3 is 0 Å². The van der Waals surface area contributed by atoms with Gasteiger partial charge in [0.2, 0.25) is 0 Å². The van der Waals surface area contributed by atoms with E-state index in [9.17, 15) is 4.79 Å². The van der Waals surface area contributed by atoms with Gasteiger partial charge in [0.05, 0.1) is 12.7 Å². The number of benzene rings is 2. The predicted octanol–water partition coefficient (Wildman–Crippen LogP) is 4.10. The van der Waals surface area contributed by atoms with Gasteiger partial charge in [-0.15, -0.1) is 10.2 Å². The van der Waals surface area contributed by atoms with Crippen molar-refractivity contribution in [1.82, 2.24) is 10.2 Å². The molecule has 3 rings (SSSR count). The number of nitrogens with one attached hydrogen (secondary N) is 2. The number of aromatic nitrogens is 2. The van der Waals surface area contributed by atoms with Crippen molar-refractivity contribution in [2.45, 2.75) is 13.8 Å². The fourth-order valence-electron chi connectivity index (χ4n) is 2.62. The van der Waals surface area contributed by atoms with Crippen LogP contribution in [0.3, 0.4) is 0 Å². The summed E-state index contributed by atoms with van der Waals surface area (Å²) in [5.74, 6) is 1.18. The quantitative estimate of drug-likeness (QED) is 0.726. The molecule has 0 spiro atoms. The summed E-state index contributed by atoms with van der Waals surface area (Å²) in [5.41, 5.74) is 3.70. The smallest absolute Gasteiger partial charge is 0.260 e. The summed E-state index contributed by atoms with van der Waals surface area (Å²) >= 11 is 0. The van der Waals surface area contributed by atoms with E-state index < -0.39 is 0 Å². The molecule has 0 aliphatic heterocycles. The van der Waals surface area contributed by atoms with E-state index in [0.29, 0.717) is 22.9 Å². The Morgan fingerprint density at radius 1 is 0.885 bits per heavy atom. The Balaban J connectivity index is 1.73. The Hall–Kier alpha value is -3.41. The largest absolute Gasteiger partial charge is 0.496 e. The second-order valence-electron chi connectivity index (χ2n) is 5.85. The molecule has 0 aliphatic carbocycles. The van der Waals surface area contributed by atoms with E-state index in [1.807, 2.05) is 38.1 Å². The van der Waals surface area contributed by atoms with E-state index >= 15 is 0 Å². The highest BCUT2D eigenvalue weighted by Gasteiger charge is 2.12. The van der Waals surface area contributed by atoms with Gasteiger partial charge < -0.3 is 15.4 Å². The SMILES string of the molecule is COc1ccccc1C(=O)Nc1ccc(Nc2c(C)cccc2C)nn1. The molecule has 1 amide bonds. The van der Waals surface area contributed by atoms with Crippen molar-refractivity contribution in [3.8, 4) is 5.75 Å². The van der Waals surface area contributed by atoms with Crippen LogP contribution in [0.15, 0.2) is 54.6 Å². The van der Waals surface area contributed by atoms with Gasteiger partial charge in [-0.05, 0) is 49.2 Å². The molecule has 132 valence electrons. The monoisotopic (exact) mass is 348 g/mol. The zero-order chi connectivity index (χ0) is 18.5. The molecule has 3 aromatic rings. The maximum Gasteiger partial charge on any atom is 0.260 e. The second kappa shape index (κ2) is 7.65. The molecule has 1 heterocycles. The standard InChI is InChI=1S/C20H20N4O2/c1-13-7-6-8-14(2)19(13)21-17-11-12-18(24-23-17)22-20(25)15-9-4-5-10-16(15)26-3/h4-12H,1-3H3,(H,21,23)(H,22,24,25). The summed E-state index contributed by atoms with van der Waals surface area (Å²) < 4.78 is 5.21. The first kappa shape index (κ1) is 17.4. The number of anilines is 3. The first-order chi connectivity index (χ1) is 12.6. The van der Waals surface area contributed by atoms with E-state index in [1.54, 1.807) is 30.3 Å². The van der Waals surface area contributed by atoms with Gasteiger partial charge in [-0.2, -0.15) is 0 Å². The number of hydrogen-bond donors (Lipinski definition) is 2. The summed E-state index contributed by atoms with van der Waals surface area (Å²) in [6.07, 6.45) is 0. The van der Waals surface area contributed by atoms with E-state index in [4.69, 9.17) is 4.74 Å². The van der Waals surface area contributed by atoms with Crippen molar-refractivity contribution in [3.05, 3.63) is 71.3 Å². The van der Waals surface area contributed by atoms with Crippen molar-refractivity contribution in [3.63, 3.8) is 0 Å². The van der Waals surface area contributed by atoms with Gasteiger partial charge in [0.15, 0.2) is 11.6 Å². The first-order valence-corrected chi connectivity index (χ1v) is 8.20. The zero-order valence-corrected chi connectivity index (χ0v) is 14.9. The third-order valence-corrected chi connectivity index (χ3v) is 3.99. The summed E-state index contributed by atoms with van der Waals surface area (Å²) in [7, 11) is 1.53. The fraction of sp³-hybridized carbons (Fsp3) is 0.150. The highest BCUT2D eigenvalue weighted by atomic mass is 16.5. The Morgan fingerprint density at radius 3 is 2.19 bits per heavy atom. The van der Waals surface area contributed by atoms with Crippen molar-refractivity contribution >= 4 is 23.2 Å². The molecule has 0 fully saturated rings. The Kier molecular flexibility index (Phi) is 5.12. The molecule has 1 aromatic heterocycles. The van der Waals surface area contributed by atoms with Gasteiger partial charge in [0, 0.05) is 5.69 Å². The first-order valence-electron chi connectivity index (χ1n) is 8.20. The van der Waals surface area contributed by atoms with Gasteiger partial charge in [-0.1, -0.05) is 30.3 Å². The lowest BCUT2D eigenvalue weighted by Crippen LogP contribution is -2.14. The fourth-order valence-corrected chi connectivity index (χ4v) is 2.62. The molecule has 6 nitrogen and oxygen atoms in total. The lowest BCUT2D eigenvalue weighted by molar-refractivity contribution is 0.102. The van der Waals surface area contributed by atoms with E-state index in [2.05, 4.69) is 20.8 Å². The number of rotatable bonds is 5. The molecule has 2 N–H and O–H groups in total. The van der Waals surface area contributed by atoms with Crippen LogP contribution in [0.1, 0.15) is 21.5 Å². The Morgan fingerprint density at radius 2 is 1.54 bits per heavy atom. The molecule has 0 atom stereocenters. The number of nitrogens with zero attached hydrogens (tertiary/aromatic N) is 2. The molecule has 0 unspecified atom stereocenters. The van der Waals surface area contributed by atoms with Crippen molar-refractivity contribution in [2.24, 2.45) is 0 Å². The second-order valence-corrected chi connectivity index (χ2v) is 5.85. The number of hydrogen-bond acceptors (Lipinski definition) is 5. The molecular formula is C20H20N4O2. The highest BCUT2D eigenvalue weighted by molar-refractivity contribution is 6.05. The van der Waals surface area contributed by atoms with Gasteiger partial charge in [0.25, 0.3) is 5.91 Å². The van der Waals surface area contributed by atoms with Gasteiger partial charge in [0.1, 0.15) is 5.75 Å². The van der Waals surface area contributed by atoms with Gasteiger partial charge in [-0.25, -0.2) is 0 Å². The molecular weight excluding hydrogens is 328 g/mol. The van der Waals surface area contributed by atoms with Crippen LogP contribution in [0.5, 0.6) is 5.75 Å². The minimum absolute atomic E-state index is 0.299. The number of para-hydroxylation sites is 2. The Bertz CT molecular complexity index is 903. The van der Waals surface area contributed by atoms with Gasteiger partial charge in [-0.3, -0.25) is 4.79 Å². The number of methoxy groups -OCH3 is 1. The number of aryl methyl sites for hydroxylation is 2. The van der Waals surface area contributed by atoms with E-state index in [1.165, 1.54) is 7.11 Å². The zero-order valence-electron chi connectivity index (χ0n) is 14.9. The third-order valence-electron chi connectivity index (χ3n) is 3.99. The van der Waals surface area contributed by atoms with E-state index in [0.717, 1.165) is 16.8 Å². The van der Waals surface area contributed by atoms with Crippen molar-refractivity contribution in [2.75, 3.05) is 17.7 Å². The van der Waals surface area contributed by atoms with Crippen molar-refractivity contribution < 1.29 is 9.53 Å². The highest BCUT2D eigenvalue weighted by Crippen LogP contribution is 2.23. The van der Waals surface area contributed by atoms with Crippen molar-refractivity contribution in [1.29, 1.82) is 0 Å². The van der Waals surface area contributed by atoms with Crippen LogP contribution in [0.4, 0.5) is 17.3 Å². The lowest BCUT2D eigenvalue weighted by Gasteiger charge is -2.12. The molecule has 6 heteroatoms. The maximum atomic E-state index is 12.4. The molecule has 2 aromatic carbocycles. The lowest BCUT2D eigenvalue weighted by atomic mass is 10.1. The number of carbonyl (C=O) groups is 1. The molecule has 0 saturated carbocycles. The number of amides is 1. The third kappa shape index (κ3) is 3.80. The van der Waals surface area contributed by atoms with Crippen LogP contribution >= 0.6 is 0 Å². The summed E-state index contributed by atoms with van der Waals surface area (Å²) in [6.45, 7) is 4.06. The van der Waals surface area contributed by atoms with E-state index in [-0.39, 0.29) is 5.91 Å². The molecule has 26 heavy (non-hydrogen) atoms. The minimum atomic E-state index is -0.299. The van der Waals surface area contributed by atoms with Crippen LogP contribution in [0, 0.1) is 13.8 Å². The average molecular weight is 348 g/mol. The van der Waals surface area contributed by atoms with Crippen LogP contribution < -0.4 is 15.4 Å². The average Bonchev–Trinajstić information content (AvgIpc) is 2.66. The molecule has 0 radical (unpaired) electrons. The Labute approximate surface area is 152 Å². The molecule has 0 bridgehead atoms. The number of ether oxygens (including phenoxy) is 1.